The fraction of sp³-hybridized carbons (Fsp3) is 0.320. The van der Waals surface area contributed by atoms with E-state index in [-0.39, 0.29) is 12.1 Å². The van der Waals surface area contributed by atoms with Crippen LogP contribution < -0.4 is 10.6 Å². The van der Waals surface area contributed by atoms with Gasteiger partial charge in [-0.1, -0.05) is 41.7 Å². The molecular formula is C25H24F3N5OS. The van der Waals surface area contributed by atoms with Gasteiger partial charge in [-0.25, -0.2) is 9.97 Å². The quantitative estimate of drug-likeness (QED) is 0.295. The normalized spacial score (nSPS) is 18.5. The number of aromatic nitrogens is 3. The molecule has 3 N–H and O–H groups in total. The Morgan fingerprint density at radius 2 is 1.71 bits per heavy atom. The maximum absolute atomic E-state index is 13.1. The number of hydrogen-bond acceptors (Lipinski definition) is 7. The average Bonchev–Trinajstić information content (AvgIpc) is 3.22. The molecule has 1 fully saturated rings. The van der Waals surface area contributed by atoms with Crippen LogP contribution in [0.15, 0.2) is 54.6 Å². The number of hydrogen-bond donors (Lipinski definition) is 3. The summed E-state index contributed by atoms with van der Waals surface area (Å²) in [5.41, 5.74) is 1.69. The van der Waals surface area contributed by atoms with Crippen molar-refractivity contribution in [2.45, 2.75) is 50.4 Å². The van der Waals surface area contributed by atoms with Crippen molar-refractivity contribution in [2.75, 3.05) is 10.6 Å². The second-order valence-corrected chi connectivity index (χ2v) is 9.74. The number of nitrogens with one attached hydrogen (secondary N) is 2. The van der Waals surface area contributed by atoms with Crippen LogP contribution in [0.1, 0.15) is 42.5 Å². The highest BCUT2D eigenvalue weighted by Gasteiger charge is 2.30. The Bertz CT molecular complexity index is 1300. The predicted octanol–water partition coefficient (Wildman–Crippen LogP) is 6.15. The first-order chi connectivity index (χ1) is 16.8. The highest BCUT2D eigenvalue weighted by atomic mass is 32.1. The van der Waals surface area contributed by atoms with Crippen LogP contribution in [0.5, 0.6) is 0 Å². The molecular weight excluding hydrogens is 475 g/mol. The smallest absolute Gasteiger partial charge is 0.393 e. The Morgan fingerprint density at radius 3 is 2.46 bits per heavy atom. The van der Waals surface area contributed by atoms with Gasteiger partial charge >= 0.3 is 6.18 Å². The van der Waals surface area contributed by atoms with Crippen LogP contribution in [0.25, 0.3) is 10.2 Å². The highest BCUT2D eigenvalue weighted by molar-refractivity contribution is 7.22. The molecule has 0 aliphatic heterocycles. The zero-order chi connectivity index (χ0) is 24.4. The molecule has 35 heavy (non-hydrogen) atoms. The molecule has 0 amide bonds. The summed E-state index contributed by atoms with van der Waals surface area (Å²) in [4.78, 5) is 13.7. The molecule has 10 heteroatoms. The molecule has 1 saturated carbocycles. The van der Waals surface area contributed by atoms with Crippen molar-refractivity contribution in [2.24, 2.45) is 0 Å². The van der Waals surface area contributed by atoms with Crippen molar-refractivity contribution in [3.63, 3.8) is 0 Å². The molecule has 0 bridgehead atoms. The number of anilines is 3. The molecule has 0 atom stereocenters. The number of benzene rings is 2. The summed E-state index contributed by atoms with van der Waals surface area (Å²) in [6.45, 7) is 0. The molecule has 6 nitrogen and oxygen atoms in total. The Balaban J connectivity index is 1.42. The van der Waals surface area contributed by atoms with Crippen molar-refractivity contribution in [3.8, 4) is 0 Å². The minimum atomic E-state index is -4.40. The first-order valence-electron chi connectivity index (χ1n) is 11.4. The number of halogens is 3. The van der Waals surface area contributed by atoms with Gasteiger partial charge in [-0.05, 0) is 49.4 Å². The SMILES string of the molecule is O[C@H]1CC[C@H](Nc2nc(Cc3ccccc3)cc(Nc3nc4ccc(C(F)(F)F)cc4s3)n2)CC1. The number of nitrogens with zero attached hydrogens (tertiary/aromatic N) is 3. The lowest BCUT2D eigenvalue weighted by atomic mass is 9.93. The van der Waals surface area contributed by atoms with Gasteiger partial charge in [0.15, 0.2) is 5.13 Å². The first-order valence-corrected chi connectivity index (χ1v) is 12.2. The lowest BCUT2D eigenvalue weighted by Crippen LogP contribution is -2.29. The fourth-order valence-electron chi connectivity index (χ4n) is 4.19. The van der Waals surface area contributed by atoms with Crippen molar-refractivity contribution in [1.29, 1.82) is 0 Å². The maximum Gasteiger partial charge on any atom is 0.416 e. The van der Waals surface area contributed by atoms with Crippen LogP contribution in [0.2, 0.25) is 0 Å². The minimum absolute atomic E-state index is 0.168. The van der Waals surface area contributed by atoms with E-state index in [2.05, 4.69) is 20.6 Å². The van der Waals surface area contributed by atoms with Gasteiger partial charge < -0.3 is 15.7 Å². The van der Waals surface area contributed by atoms with Crippen molar-refractivity contribution in [3.05, 3.63) is 71.4 Å². The fourth-order valence-corrected chi connectivity index (χ4v) is 5.10. The number of fused-ring (bicyclic) bond motifs is 1. The number of rotatable bonds is 6. The Kier molecular flexibility index (Phi) is 6.57. The van der Waals surface area contributed by atoms with Crippen LogP contribution in [0.3, 0.4) is 0 Å². The summed E-state index contributed by atoms with van der Waals surface area (Å²) >= 11 is 1.14. The number of alkyl halides is 3. The van der Waals surface area contributed by atoms with Crippen LogP contribution in [0, 0.1) is 0 Å². The summed E-state index contributed by atoms with van der Waals surface area (Å²) in [5.74, 6) is 0.988. The maximum atomic E-state index is 13.1. The Hall–Kier alpha value is -3.24. The first kappa shape index (κ1) is 23.5. The van der Waals surface area contributed by atoms with E-state index in [0.717, 1.165) is 60.4 Å². The van der Waals surface area contributed by atoms with E-state index in [4.69, 9.17) is 4.98 Å². The predicted molar refractivity (Wildman–Crippen MR) is 131 cm³/mol. The van der Waals surface area contributed by atoms with E-state index in [1.54, 1.807) is 0 Å². The summed E-state index contributed by atoms with van der Waals surface area (Å²) in [6.07, 6.45) is -0.931. The molecule has 1 aliphatic rings. The van der Waals surface area contributed by atoms with E-state index in [9.17, 15) is 18.3 Å². The second kappa shape index (κ2) is 9.79. The third-order valence-electron chi connectivity index (χ3n) is 5.99. The largest absolute Gasteiger partial charge is 0.416 e. The summed E-state index contributed by atoms with van der Waals surface area (Å²) < 4.78 is 39.7. The Labute approximate surface area is 204 Å². The van der Waals surface area contributed by atoms with Crippen LogP contribution in [-0.2, 0) is 12.6 Å². The molecule has 4 aromatic rings. The van der Waals surface area contributed by atoms with Crippen molar-refractivity contribution in [1.82, 2.24) is 15.0 Å². The topological polar surface area (TPSA) is 83.0 Å². The molecule has 0 saturated heterocycles. The molecule has 0 unspecified atom stereocenters. The molecule has 0 spiro atoms. The van der Waals surface area contributed by atoms with Crippen LogP contribution in [-0.4, -0.2) is 32.2 Å². The molecule has 2 aromatic heterocycles. The Morgan fingerprint density at radius 1 is 0.943 bits per heavy atom. The molecule has 182 valence electrons. The molecule has 1 aliphatic carbocycles. The summed E-state index contributed by atoms with van der Waals surface area (Å²) in [7, 11) is 0. The zero-order valence-corrected chi connectivity index (χ0v) is 19.5. The van der Waals surface area contributed by atoms with Crippen LogP contribution in [0.4, 0.5) is 30.1 Å². The van der Waals surface area contributed by atoms with Gasteiger partial charge in [0, 0.05) is 18.5 Å². The van der Waals surface area contributed by atoms with Crippen molar-refractivity contribution < 1.29 is 18.3 Å². The molecule has 5 rings (SSSR count). The minimum Gasteiger partial charge on any atom is -0.393 e. The summed E-state index contributed by atoms with van der Waals surface area (Å²) in [6, 6.07) is 15.5. The van der Waals surface area contributed by atoms with Gasteiger partial charge in [0.05, 0.1) is 27.6 Å². The number of aliphatic hydroxyl groups excluding tert-OH is 1. The molecule has 0 radical (unpaired) electrons. The second-order valence-electron chi connectivity index (χ2n) is 8.70. The third kappa shape index (κ3) is 5.88. The average molecular weight is 500 g/mol. The zero-order valence-electron chi connectivity index (χ0n) is 18.7. The third-order valence-corrected chi connectivity index (χ3v) is 6.92. The van der Waals surface area contributed by atoms with Gasteiger partial charge in [0.1, 0.15) is 5.82 Å². The lowest BCUT2D eigenvalue weighted by molar-refractivity contribution is -0.137. The highest BCUT2D eigenvalue weighted by Crippen LogP contribution is 2.35. The molecule has 2 heterocycles. The van der Waals surface area contributed by atoms with E-state index in [1.807, 2.05) is 36.4 Å². The van der Waals surface area contributed by atoms with Crippen LogP contribution >= 0.6 is 11.3 Å². The number of thiazole rings is 1. The van der Waals surface area contributed by atoms with Gasteiger partial charge in [-0.2, -0.15) is 18.2 Å². The van der Waals surface area contributed by atoms with E-state index >= 15 is 0 Å². The standard InChI is InChI=1S/C25H24F3N5OS/c26-25(27,28)16-6-11-20-21(13-16)35-24(31-20)33-22-14-18(12-15-4-2-1-3-5-15)30-23(32-22)29-17-7-9-19(34)10-8-17/h1-6,11,13-14,17,19,34H,7-10,12H2,(H2,29,30,31,32,33)/t17-,19-. The van der Waals surface area contributed by atoms with E-state index in [1.165, 1.54) is 6.07 Å². The van der Waals surface area contributed by atoms with E-state index in [0.29, 0.717) is 33.5 Å². The van der Waals surface area contributed by atoms with E-state index < -0.39 is 11.7 Å². The van der Waals surface area contributed by atoms with Gasteiger partial charge in [-0.3, -0.25) is 0 Å². The van der Waals surface area contributed by atoms with Crippen molar-refractivity contribution >= 4 is 38.5 Å². The van der Waals surface area contributed by atoms with Gasteiger partial charge in [-0.15, -0.1) is 0 Å². The monoisotopic (exact) mass is 499 g/mol. The van der Waals surface area contributed by atoms with Gasteiger partial charge in [0.2, 0.25) is 5.95 Å². The van der Waals surface area contributed by atoms with Gasteiger partial charge in [0.25, 0.3) is 0 Å². The lowest BCUT2D eigenvalue weighted by Gasteiger charge is -2.26. The summed E-state index contributed by atoms with van der Waals surface area (Å²) in [5, 5.41) is 16.8. The number of aliphatic hydroxyl groups is 1. The molecule has 2 aromatic carbocycles.